The minimum absolute atomic E-state index is 0.0408. The van der Waals surface area contributed by atoms with Gasteiger partial charge in [0, 0.05) is 0 Å². The van der Waals surface area contributed by atoms with Crippen LogP contribution in [0, 0.1) is 0 Å². The number of nitrogens with zero attached hydrogens (tertiary/aromatic N) is 1. The lowest BCUT2D eigenvalue weighted by molar-refractivity contribution is -0.158. The third-order valence-corrected chi connectivity index (χ3v) is 5.77. The van der Waals surface area contributed by atoms with Gasteiger partial charge in [-0.2, -0.15) is 0 Å². The monoisotopic (exact) mass is 511 g/mol. The van der Waals surface area contributed by atoms with Crippen molar-refractivity contribution in [3.63, 3.8) is 0 Å². The predicted molar refractivity (Wildman–Crippen MR) is 130 cm³/mol. The fraction of sp³-hybridized carbons (Fsp3) is 0.346. The summed E-state index contributed by atoms with van der Waals surface area (Å²) in [5.74, 6) is -2.81. The maximum absolute atomic E-state index is 13.2. The van der Waals surface area contributed by atoms with Crippen LogP contribution in [0.3, 0.4) is 0 Å². The normalized spacial score (nSPS) is 18.9. The van der Waals surface area contributed by atoms with E-state index in [1.54, 1.807) is 37.3 Å². The van der Waals surface area contributed by atoms with E-state index in [1.165, 1.54) is 12.2 Å². The molecule has 196 valence electrons. The molecule has 3 rings (SSSR count). The molecule has 0 aliphatic carbocycles. The number of rotatable bonds is 11. The standard InChI is InChI=1S/C26H29N3O8/c1-4-14-36-25(33)21-17(24(32)35-6-3)12-13-18-20(23(31)29(18)21)27-22(30)19(16-10-8-7-9-11-16)28-26(34)37-15-5-2/h4-5,7-11,18-20H,1-2,6,12-15H2,3H3,(H,27,30)(H,28,34)/t18-,19?,20-/m0/s1. The molecule has 0 radical (unpaired) electrons. The zero-order valence-corrected chi connectivity index (χ0v) is 20.4. The third kappa shape index (κ3) is 6.05. The summed E-state index contributed by atoms with van der Waals surface area (Å²) in [5.41, 5.74) is 0.317. The molecular weight excluding hydrogens is 482 g/mol. The van der Waals surface area contributed by atoms with Crippen molar-refractivity contribution in [1.82, 2.24) is 15.5 Å². The van der Waals surface area contributed by atoms with E-state index in [0.717, 1.165) is 4.90 Å². The van der Waals surface area contributed by atoms with E-state index in [0.29, 0.717) is 12.0 Å². The summed E-state index contributed by atoms with van der Waals surface area (Å²) in [4.78, 5) is 64.9. The topological polar surface area (TPSA) is 140 Å². The van der Waals surface area contributed by atoms with Crippen molar-refractivity contribution in [3.8, 4) is 0 Å². The summed E-state index contributed by atoms with van der Waals surface area (Å²) in [5, 5.41) is 5.16. The smallest absolute Gasteiger partial charge is 0.408 e. The van der Waals surface area contributed by atoms with Gasteiger partial charge in [0.1, 0.15) is 31.0 Å². The van der Waals surface area contributed by atoms with Gasteiger partial charge in [0.05, 0.1) is 18.2 Å². The number of nitrogens with one attached hydrogen (secondary N) is 2. The lowest BCUT2D eigenvalue weighted by Gasteiger charge is -2.50. The summed E-state index contributed by atoms with van der Waals surface area (Å²) in [7, 11) is 0. The van der Waals surface area contributed by atoms with Gasteiger partial charge in [-0.3, -0.25) is 14.5 Å². The first-order valence-corrected chi connectivity index (χ1v) is 11.7. The molecular formula is C26H29N3O8. The second-order valence-electron chi connectivity index (χ2n) is 8.11. The van der Waals surface area contributed by atoms with Crippen LogP contribution in [0.15, 0.2) is 66.9 Å². The predicted octanol–water partition coefficient (Wildman–Crippen LogP) is 1.68. The largest absolute Gasteiger partial charge is 0.463 e. The van der Waals surface area contributed by atoms with Crippen LogP contribution < -0.4 is 10.6 Å². The molecule has 3 amide bonds. The van der Waals surface area contributed by atoms with Gasteiger partial charge in [0.25, 0.3) is 5.91 Å². The number of β-lactam (4-membered cyclic amide) rings is 1. The van der Waals surface area contributed by atoms with Crippen molar-refractivity contribution in [2.45, 2.75) is 37.9 Å². The summed E-state index contributed by atoms with van der Waals surface area (Å²) in [6.45, 7) is 8.53. The number of hydrogen-bond donors (Lipinski definition) is 2. The molecule has 0 saturated carbocycles. The van der Waals surface area contributed by atoms with Gasteiger partial charge in [-0.15, -0.1) is 0 Å². The Hall–Kier alpha value is -4.41. The van der Waals surface area contributed by atoms with Gasteiger partial charge >= 0.3 is 18.0 Å². The van der Waals surface area contributed by atoms with Crippen molar-refractivity contribution >= 4 is 29.8 Å². The van der Waals surface area contributed by atoms with Crippen LogP contribution in [0.5, 0.6) is 0 Å². The summed E-state index contributed by atoms with van der Waals surface area (Å²) in [6.07, 6.45) is 2.36. The highest BCUT2D eigenvalue weighted by Crippen LogP contribution is 2.38. The Morgan fingerprint density at radius 2 is 1.73 bits per heavy atom. The summed E-state index contributed by atoms with van der Waals surface area (Å²) in [6, 6.07) is 5.74. The molecule has 2 aliphatic rings. The highest BCUT2D eigenvalue weighted by Gasteiger charge is 2.55. The van der Waals surface area contributed by atoms with Crippen LogP contribution in [0.4, 0.5) is 4.79 Å². The van der Waals surface area contributed by atoms with Gasteiger partial charge < -0.3 is 24.8 Å². The van der Waals surface area contributed by atoms with E-state index in [9.17, 15) is 24.0 Å². The van der Waals surface area contributed by atoms with E-state index in [2.05, 4.69) is 23.8 Å². The van der Waals surface area contributed by atoms with Crippen LogP contribution in [-0.4, -0.2) is 66.7 Å². The highest BCUT2D eigenvalue weighted by molar-refractivity contribution is 6.07. The molecule has 2 heterocycles. The van der Waals surface area contributed by atoms with Crippen molar-refractivity contribution in [2.24, 2.45) is 0 Å². The van der Waals surface area contributed by atoms with Crippen LogP contribution in [0.25, 0.3) is 0 Å². The first kappa shape index (κ1) is 27.2. The van der Waals surface area contributed by atoms with Crippen molar-refractivity contribution < 1.29 is 38.2 Å². The van der Waals surface area contributed by atoms with Crippen LogP contribution >= 0.6 is 0 Å². The molecule has 11 heteroatoms. The first-order valence-electron chi connectivity index (χ1n) is 11.7. The Labute approximate surface area is 214 Å². The molecule has 0 bridgehead atoms. The Morgan fingerprint density at radius 3 is 2.38 bits per heavy atom. The molecule has 2 N–H and O–H groups in total. The molecule has 1 fully saturated rings. The van der Waals surface area contributed by atoms with E-state index in [4.69, 9.17) is 14.2 Å². The summed E-state index contributed by atoms with van der Waals surface area (Å²) >= 11 is 0. The average molecular weight is 512 g/mol. The lowest BCUT2D eigenvalue weighted by atomic mass is 9.83. The Balaban J connectivity index is 1.81. The van der Waals surface area contributed by atoms with Crippen molar-refractivity contribution in [2.75, 3.05) is 19.8 Å². The molecule has 37 heavy (non-hydrogen) atoms. The first-order chi connectivity index (χ1) is 17.8. The van der Waals surface area contributed by atoms with Gasteiger partial charge in [0.15, 0.2) is 0 Å². The van der Waals surface area contributed by atoms with Crippen molar-refractivity contribution in [3.05, 3.63) is 72.5 Å². The maximum Gasteiger partial charge on any atom is 0.408 e. The molecule has 0 spiro atoms. The Kier molecular flexibility index (Phi) is 9.20. The van der Waals surface area contributed by atoms with E-state index < -0.39 is 48.0 Å². The van der Waals surface area contributed by atoms with Crippen LogP contribution in [0.1, 0.15) is 31.4 Å². The minimum Gasteiger partial charge on any atom is -0.463 e. The van der Waals surface area contributed by atoms with Crippen LogP contribution in [-0.2, 0) is 33.4 Å². The van der Waals surface area contributed by atoms with E-state index in [-0.39, 0.29) is 37.5 Å². The SMILES string of the molecule is C=CCOC(=O)NC(C(=O)N[C@@H]1C(=O)N2C(C(=O)OCC=C)=C(C(=O)OCC)CC[C@@H]12)c1ccccc1. The molecule has 0 aromatic heterocycles. The number of carbonyl (C=O) groups excluding carboxylic acids is 5. The Bertz CT molecular complexity index is 1110. The molecule has 1 aromatic rings. The lowest BCUT2D eigenvalue weighted by Crippen LogP contribution is -2.72. The number of esters is 2. The van der Waals surface area contributed by atoms with Crippen LogP contribution in [0.2, 0.25) is 0 Å². The summed E-state index contributed by atoms with van der Waals surface area (Å²) < 4.78 is 15.1. The number of ether oxygens (including phenoxy) is 3. The second-order valence-corrected chi connectivity index (χ2v) is 8.11. The number of benzene rings is 1. The van der Waals surface area contributed by atoms with Gasteiger partial charge in [-0.25, -0.2) is 14.4 Å². The number of amides is 3. The van der Waals surface area contributed by atoms with Gasteiger partial charge in [-0.1, -0.05) is 55.6 Å². The van der Waals surface area contributed by atoms with Crippen molar-refractivity contribution in [1.29, 1.82) is 0 Å². The quantitative estimate of drug-likeness (QED) is 0.198. The number of carbonyl (C=O) groups is 5. The molecule has 3 atom stereocenters. The highest BCUT2D eigenvalue weighted by atomic mass is 16.5. The molecule has 1 saturated heterocycles. The van der Waals surface area contributed by atoms with E-state index in [1.807, 2.05) is 0 Å². The maximum atomic E-state index is 13.2. The molecule has 11 nitrogen and oxygen atoms in total. The molecule has 2 aliphatic heterocycles. The van der Waals surface area contributed by atoms with Gasteiger partial charge in [-0.05, 0) is 25.3 Å². The Morgan fingerprint density at radius 1 is 1.05 bits per heavy atom. The number of hydrogen-bond acceptors (Lipinski definition) is 8. The number of fused-ring (bicyclic) bond motifs is 1. The van der Waals surface area contributed by atoms with Gasteiger partial charge in [0.2, 0.25) is 5.91 Å². The fourth-order valence-electron chi connectivity index (χ4n) is 4.15. The second kappa shape index (κ2) is 12.5. The average Bonchev–Trinajstić information content (AvgIpc) is 2.91. The minimum atomic E-state index is -1.15. The molecule has 1 unspecified atom stereocenters. The molecule has 1 aromatic carbocycles. The number of alkyl carbamates (subject to hydrolysis) is 1. The zero-order chi connectivity index (χ0) is 26.9. The van der Waals surface area contributed by atoms with E-state index >= 15 is 0 Å². The zero-order valence-electron chi connectivity index (χ0n) is 20.4. The fourth-order valence-corrected chi connectivity index (χ4v) is 4.15. The third-order valence-electron chi connectivity index (χ3n) is 5.77.